The largest absolute Gasteiger partial charge is 0.168 e. The van der Waals surface area contributed by atoms with Crippen LogP contribution in [0.5, 0.6) is 0 Å². The van der Waals surface area contributed by atoms with Gasteiger partial charge in [0.15, 0.2) is 4.33 Å². The second-order valence-electron chi connectivity index (χ2n) is 6.02. The lowest BCUT2D eigenvalue weighted by atomic mass is 9.44. The maximum absolute atomic E-state index is 6.85. The molecule has 2 bridgehead atoms. The highest BCUT2D eigenvalue weighted by Crippen LogP contribution is 2.90. The van der Waals surface area contributed by atoms with Crippen molar-refractivity contribution >= 4 is 69.6 Å². The Bertz CT molecular complexity index is 542. The van der Waals surface area contributed by atoms with E-state index in [4.69, 9.17) is 69.6 Å². The molecule has 0 aromatic heterocycles. The van der Waals surface area contributed by atoms with Crippen molar-refractivity contribution in [2.24, 2.45) is 10.8 Å². The lowest BCUT2D eigenvalue weighted by Gasteiger charge is -2.62. The van der Waals surface area contributed by atoms with Gasteiger partial charge in [-0.3, -0.25) is 0 Å². The molecule has 0 spiro atoms. The SMILES string of the molecule is CC1=C(C)C2(C)C1(C)C1(Cl)C(Cl)=C(Cl)C2(Cl)C1(Cl)Cl. The van der Waals surface area contributed by atoms with E-state index in [1.807, 2.05) is 27.7 Å². The highest BCUT2D eigenvalue weighted by Gasteiger charge is 2.93. The summed E-state index contributed by atoms with van der Waals surface area (Å²) in [5.74, 6) is 0. The van der Waals surface area contributed by atoms with E-state index < -0.39 is 24.9 Å². The Kier molecular flexibility index (Phi) is 2.72. The molecule has 4 atom stereocenters. The van der Waals surface area contributed by atoms with E-state index in [2.05, 4.69) is 0 Å². The summed E-state index contributed by atoms with van der Waals surface area (Å²) in [6, 6.07) is 0. The van der Waals surface area contributed by atoms with Crippen LogP contribution in [0.2, 0.25) is 0 Å². The van der Waals surface area contributed by atoms with Crippen LogP contribution < -0.4 is 0 Å². The van der Waals surface area contributed by atoms with Gasteiger partial charge in [0, 0.05) is 10.8 Å². The number of fused-ring (bicyclic) bond motifs is 5. The summed E-state index contributed by atoms with van der Waals surface area (Å²) >= 11 is 39.7. The van der Waals surface area contributed by atoms with Gasteiger partial charge >= 0.3 is 0 Å². The van der Waals surface area contributed by atoms with Crippen molar-refractivity contribution in [1.82, 2.24) is 0 Å². The van der Waals surface area contributed by atoms with Crippen molar-refractivity contribution in [3.8, 4) is 0 Å². The molecule has 4 unspecified atom stereocenters. The fourth-order valence-electron chi connectivity index (χ4n) is 4.53. The van der Waals surface area contributed by atoms with E-state index in [0.29, 0.717) is 0 Å². The number of allylic oxidation sites excluding steroid dienone is 4. The normalized spacial score (nSPS) is 54.6. The summed E-state index contributed by atoms with van der Waals surface area (Å²) in [7, 11) is 0. The molecular weight excluding hydrogens is 369 g/mol. The van der Waals surface area contributed by atoms with Gasteiger partial charge in [0.25, 0.3) is 0 Å². The Hall–Kier alpha value is 1.22. The molecule has 1 saturated carbocycles. The Balaban J connectivity index is 2.49. The van der Waals surface area contributed by atoms with E-state index >= 15 is 0 Å². The van der Waals surface area contributed by atoms with Crippen LogP contribution in [-0.2, 0) is 0 Å². The zero-order valence-corrected chi connectivity index (χ0v) is 15.3. The average Bonchev–Trinajstić information content (AvgIpc) is 2.51. The molecule has 0 nitrogen and oxygen atoms in total. The molecule has 0 aliphatic heterocycles. The van der Waals surface area contributed by atoms with Gasteiger partial charge in [-0.2, -0.15) is 0 Å². The summed E-state index contributed by atoms with van der Waals surface area (Å²) in [6.45, 7) is 8.06. The monoisotopic (exact) mass is 378 g/mol. The first kappa shape index (κ1) is 15.1. The van der Waals surface area contributed by atoms with Gasteiger partial charge in [0.05, 0.1) is 10.1 Å². The molecule has 0 aromatic rings. The van der Waals surface area contributed by atoms with Crippen LogP contribution in [0, 0.1) is 10.8 Å². The molecular formula is C13H12Cl6. The minimum Gasteiger partial charge on any atom is -0.109 e. The highest BCUT2D eigenvalue weighted by molar-refractivity contribution is 6.66. The summed E-state index contributed by atoms with van der Waals surface area (Å²) in [4.78, 5) is -2.41. The Morgan fingerprint density at radius 3 is 1.21 bits per heavy atom. The fraction of sp³-hybridized carbons (Fsp3) is 0.692. The molecule has 0 radical (unpaired) electrons. The predicted molar refractivity (Wildman–Crippen MR) is 84.9 cm³/mol. The zero-order valence-electron chi connectivity index (χ0n) is 10.8. The number of rotatable bonds is 0. The molecule has 0 aromatic carbocycles. The van der Waals surface area contributed by atoms with E-state index in [-0.39, 0.29) is 10.1 Å². The molecule has 19 heavy (non-hydrogen) atoms. The second kappa shape index (κ2) is 3.42. The summed E-state index contributed by atoms with van der Waals surface area (Å²) in [6.07, 6.45) is 0. The highest BCUT2D eigenvalue weighted by atomic mass is 35.5. The maximum Gasteiger partial charge on any atom is 0.168 e. The summed E-state index contributed by atoms with van der Waals surface area (Å²) in [5, 5.41) is 0.533. The Morgan fingerprint density at radius 1 is 0.684 bits per heavy atom. The first-order valence-corrected chi connectivity index (χ1v) is 8.15. The van der Waals surface area contributed by atoms with Crippen LogP contribution in [0.1, 0.15) is 27.7 Å². The Labute approximate surface area is 143 Å². The van der Waals surface area contributed by atoms with Crippen molar-refractivity contribution in [2.75, 3.05) is 0 Å². The van der Waals surface area contributed by atoms with Crippen LogP contribution >= 0.6 is 69.6 Å². The molecule has 106 valence electrons. The van der Waals surface area contributed by atoms with E-state index in [1.54, 1.807) is 0 Å². The molecule has 0 N–H and O–H groups in total. The van der Waals surface area contributed by atoms with Gasteiger partial charge in [-0.1, -0.05) is 71.4 Å². The summed E-state index contributed by atoms with van der Waals surface area (Å²) < 4.78 is -1.47. The van der Waals surface area contributed by atoms with Crippen LogP contribution in [0.4, 0.5) is 0 Å². The third-order valence-electron chi connectivity index (χ3n) is 6.10. The number of hydrogen-bond acceptors (Lipinski definition) is 0. The van der Waals surface area contributed by atoms with Crippen LogP contribution in [0.3, 0.4) is 0 Å². The molecule has 1 fully saturated rings. The molecule has 0 heterocycles. The quantitative estimate of drug-likeness (QED) is 0.347. The lowest BCUT2D eigenvalue weighted by Crippen LogP contribution is -2.61. The maximum atomic E-state index is 6.85. The molecule has 3 aliphatic carbocycles. The van der Waals surface area contributed by atoms with Gasteiger partial charge in [0.1, 0.15) is 9.75 Å². The zero-order chi connectivity index (χ0) is 14.8. The van der Waals surface area contributed by atoms with Gasteiger partial charge in [-0.25, -0.2) is 0 Å². The fourth-order valence-corrected chi connectivity index (χ4v) is 8.08. The molecule has 3 rings (SSSR count). The Morgan fingerprint density at radius 2 is 0.947 bits per heavy atom. The van der Waals surface area contributed by atoms with Gasteiger partial charge in [-0.15, -0.1) is 23.2 Å². The van der Waals surface area contributed by atoms with Crippen LogP contribution in [0.15, 0.2) is 21.2 Å². The number of hydrogen-bond donors (Lipinski definition) is 0. The van der Waals surface area contributed by atoms with Crippen molar-refractivity contribution < 1.29 is 0 Å². The second-order valence-corrected chi connectivity index (χ2v) is 9.24. The molecule has 0 saturated heterocycles. The molecule has 0 amide bonds. The van der Waals surface area contributed by atoms with Crippen molar-refractivity contribution in [3.05, 3.63) is 21.2 Å². The predicted octanol–water partition coefficient (Wildman–Crippen LogP) is 6.19. The summed E-state index contributed by atoms with van der Waals surface area (Å²) in [5.41, 5.74) is 1.21. The first-order valence-electron chi connectivity index (χ1n) is 5.88. The van der Waals surface area contributed by atoms with Crippen molar-refractivity contribution in [2.45, 2.75) is 41.8 Å². The van der Waals surface area contributed by atoms with E-state index in [1.165, 1.54) is 0 Å². The molecule has 6 heteroatoms. The minimum atomic E-state index is -1.47. The smallest absolute Gasteiger partial charge is 0.109 e. The van der Waals surface area contributed by atoms with Gasteiger partial charge in [0.2, 0.25) is 0 Å². The van der Waals surface area contributed by atoms with E-state index in [0.717, 1.165) is 11.1 Å². The topological polar surface area (TPSA) is 0 Å². The molecule has 3 aliphatic rings. The lowest BCUT2D eigenvalue weighted by molar-refractivity contribution is 0.0987. The van der Waals surface area contributed by atoms with Gasteiger partial charge in [-0.05, 0) is 13.8 Å². The minimum absolute atomic E-state index is 0.266. The van der Waals surface area contributed by atoms with Gasteiger partial charge < -0.3 is 0 Å². The third kappa shape index (κ3) is 0.932. The van der Waals surface area contributed by atoms with Crippen molar-refractivity contribution in [3.63, 3.8) is 0 Å². The third-order valence-corrected chi connectivity index (χ3v) is 10.6. The first-order chi connectivity index (χ1) is 8.38. The number of halogens is 6. The van der Waals surface area contributed by atoms with Crippen molar-refractivity contribution in [1.29, 1.82) is 0 Å². The number of alkyl halides is 4. The van der Waals surface area contributed by atoms with Crippen LogP contribution in [-0.4, -0.2) is 14.1 Å². The standard InChI is InChI=1S/C13H12Cl6/c1-5-6(2)10(4)9(5,3)11(16)7(14)8(15)12(10,17)13(11,18)19/h1-4H3. The van der Waals surface area contributed by atoms with E-state index in [9.17, 15) is 0 Å². The van der Waals surface area contributed by atoms with Crippen LogP contribution in [0.25, 0.3) is 0 Å². The average molecular weight is 381 g/mol.